The van der Waals surface area contributed by atoms with Gasteiger partial charge in [0.1, 0.15) is 0 Å². The number of hydrogen-bond acceptors (Lipinski definition) is 4. The lowest BCUT2D eigenvalue weighted by molar-refractivity contribution is -0.144. The second-order valence-corrected chi connectivity index (χ2v) is 5.07. The van der Waals surface area contributed by atoms with Gasteiger partial charge in [-0.15, -0.1) is 0 Å². The monoisotopic (exact) mass is 240 g/mol. The molecule has 2 rings (SSSR count). The number of hydrogen-bond donors (Lipinski definition) is 1. The van der Waals surface area contributed by atoms with Crippen LogP contribution in [0, 0.1) is 5.92 Å². The third-order valence-electron chi connectivity index (χ3n) is 3.45. The molecular weight excluding hydrogens is 220 g/mol. The highest BCUT2D eigenvalue weighted by Gasteiger charge is 2.40. The van der Waals surface area contributed by atoms with Crippen molar-refractivity contribution in [3.8, 4) is 0 Å². The molecule has 2 unspecified atom stereocenters. The summed E-state index contributed by atoms with van der Waals surface area (Å²) in [6.07, 6.45) is 2.43. The summed E-state index contributed by atoms with van der Waals surface area (Å²) in [7, 11) is 1.36. The van der Waals surface area contributed by atoms with Crippen LogP contribution in [0.3, 0.4) is 0 Å². The maximum atomic E-state index is 12.0. The fourth-order valence-electron chi connectivity index (χ4n) is 2.36. The first-order chi connectivity index (χ1) is 8.11. The van der Waals surface area contributed by atoms with Gasteiger partial charge in [-0.3, -0.25) is 14.5 Å². The zero-order valence-electron chi connectivity index (χ0n) is 10.4. The summed E-state index contributed by atoms with van der Waals surface area (Å²) in [4.78, 5) is 25.6. The molecule has 5 nitrogen and oxygen atoms in total. The molecule has 0 aromatic rings. The first-order valence-corrected chi connectivity index (χ1v) is 6.22. The van der Waals surface area contributed by atoms with Gasteiger partial charge in [0.2, 0.25) is 5.91 Å². The number of nitrogens with zero attached hydrogens (tertiary/aromatic N) is 1. The van der Waals surface area contributed by atoms with Gasteiger partial charge < -0.3 is 10.1 Å². The van der Waals surface area contributed by atoms with E-state index in [1.54, 1.807) is 0 Å². The van der Waals surface area contributed by atoms with Crippen LogP contribution in [0.25, 0.3) is 0 Å². The van der Waals surface area contributed by atoms with Crippen molar-refractivity contribution in [2.75, 3.05) is 20.2 Å². The van der Waals surface area contributed by atoms with Gasteiger partial charge in [0.25, 0.3) is 0 Å². The molecule has 1 N–H and O–H groups in total. The number of rotatable bonds is 3. The molecular formula is C12H20N2O3. The minimum atomic E-state index is -0.347. The van der Waals surface area contributed by atoms with Gasteiger partial charge >= 0.3 is 5.97 Å². The Labute approximate surface area is 101 Å². The normalized spacial score (nSPS) is 30.6. The number of esters is 1. The van der Waals surface area contributed by atoms with E-state index >= 15 is 0 Å². The minimum absolute atomic E-state index is 0.0355. The Morgan fingerprint density at radius 2 is 2.24 bits per heavy atom. The third kappa shape index (κ3) is 2.97. The summed E-state index contributed by atoms with van der Waals surface area (Å²) < 4.78 is 4.67. The Bertz CT molecular complexity index is 315. The molecule has 5 heteroatoms. The highest BCUT2D eigenvalue weighted by atomic mass is 16.5. The summed E-state index contributed by atoms with van der Waals surface area (Å²) in [6.45, 7) is 3.70. The van der Waals surface area contributed by atoms with Gasteiger partial charge in [-0.1, -0.05) is 6.92 Å². The van der Waals surface area contributed by atoms with Crippen LogP contribution < -0.4 is 5.32 Å². The summed E-state index contributed by atoms with van der Waals surface area (Å²) >= 11 is 0. The van der Waals surface area contributed by atoms with Crippen LogP contribution in [-0.4, -0.2) is 49.1 Å². The van der Waals surface area contributed by atoms with Gasteiger partial charge in [-0.25, -0.2) is 0 Å². The van der Waals surface area contributed by atoms with Crippen LogP contribution in [0.15, 0.2) is 0 Å². The third-order valence-corrected chi connectivity index (χ3v) is 3.45. The highest BCUT2D eigenvalue weighted by Crippen LogP contribution is 2.31. The summed E-state index contributed by atoms with van der Waals surface area (Å²) in [5.41, 5.74) is 0. The van der Waals surface area contributed by atoms with Crippen molar-refractivity contribution in [1.82, 2.24) is 10.2 Å². The Hall–Kier alpha value is -1.10. The smallest absolute Gasteiger partial charge is 0.307 e. The Morgan fingerprint density at radius 1 is 1.53 bits per heavy atom. The minimum Gasteiger partial charge on any atom is -0.469 e. The Balaban J connectivity index is 2.10. The first kappa shape index (κ1) is 12.4. The predicted molar refractivity (Wildman–Crippen MR) is 62.3 cm³/mol. The van der Waals surface area contributed by atoms with E-state index in [1.807, 2.05) is 0 Å². The SMILES string of the molecule is COC(=O)CC1C(=O)NCC(C)CN1C1CC1. The standard InChI is InChI=1S/C12H20N2O3/c1-8-6-13-12(16)10(5-11(15)17-2)14(7-8)9-3-4-9/h8-10H,3-7H2,1-2H3,(H,13,16). The molecule has 2 aliphatic rings. The maximum Gasteiger partial charge on any atom is 0.307 e. The second kappa shape index (κ2) is 5.04. The quantitative estimate of drug-likeness (QED) is 0.713. The molecule has 1 saturated carbocycles. The van der Waals surface area contributed by atoms with Crippen LogP contribution >= 0.6 is 0 Å². The Kier molecular flexibility index (Phi) is 3.66. The predicted octanol–water partition coefficient (Wildman–Crippen LogP) is 0.148. The van der Waals surface area contributed by atoms with E-state index < -0.39 is 0 Å². The van der Waals surface area contributed by atoms with Crippen molar-refractivity contribution in [3.63, 3.8) is 0 Å². The lowest BCUT2D eigenvalue weighted by Gasteiger charge is -2.28. The van der Waals surface area contributed by atoms with Crippen molar-refractivity contribution in [1.29, 1.82) is 0 Å². The molecule has 1 amide bonds. The Morgan fingerprint density at radius 3 is 2.82 bits per heavy atom. The number of nitrogens with one attached hydrogen (secondary N) is 1. The topological polar surface area (TPSA) is 58.6 Å². The zero-order valence-corrected chi connectivity index (χ0v) is 10.4. The molecule has 17 heavy (non-hydrogen) atoms. The molecule has 1 aliphatic heterocycles. The molecule has 1 saturated heterocycles. The average molecular weight is 240 g/mol. The van der Waals surface area contributed by atoms with E-state index in [4.69, 9.17) is 0 Å². The van der Waals surface area contributed by atoms with E-state index in [0.717, 1.165) is 19.4 Å². The number of amides is 1. The highest BCUT2D eigenvalue weighted by molar-refractivity contribution is 5.86. The van der Waals surface area contributed by atoms with Crippen molar-refractivity contribution in [2.24, 2.45) is 5.92 Å². The molecule has 0 aromatic carbocycles. The second-order valence-electron chi connectivity index (χ2n) is 5.07. The molecule has 1 heterocycles. The summed E-state index contributed by atoms with van der Waals surface area (Å²) in [5.74, 6) is 0.0826. The molecule has 0 bridgehead atoms. The molecule has 96 valence electrons. The van der Waals surface area contributed by atoms with Gasteiger partial charge in [-0.05, 0) is 18.8 Å². The van der Waals surface area contributed by atoms with E-state index in [0.29, 0.717) is 18.5 Å². The van der Waals surface area contributed by atoms with E-state index in [1.165, 1.54) is 7.11 Å². The molecule has 0 spiro atoms. The first-order valence-electron chi connectivity index (χ1n) is 6.22. The fraction of sp³-hybridized carbons (Fsp3) is 0.833. The number of carbonyl (C=O) groups excluding carboxylic acids is 2. The lowest BCUT2D eigenvalue weighted by Crippen LogP contribution is -2.46. The van der Waals surface area contributed by atoms with Gasteiger partial charge in [0, 0.05) is 19.1 Å². The van der Waals surface area contributed by atoms with Crippen molar-refractivity contribution in [2.45, 2.75) is 38.3 Å². The molecule has 2 atom stereocenters. The molecule has 0 aromatic heterocycles. The molecule has 0 radical (unpaired) electrons. The van der Waals surface area contributed by atoms with Crippen LogP contribution in [0.4, 0.5) is 0 Å². The van der Waals surface area contributed by atoms with Gasteiger partial charge in [-0.2, -0.15) is 0 Å². The van der Waals surface area contributed by atoms with Crippen LogP contribution in [0.1, 0.15) is 26.2 Å². The largest absolute Gasteiger partial charge is 0.469 e. The fourth-order valence-corrected chi connectivity index (χ4v) is 2.36. The van der Waals surface area contributed by atoms with Crippen molar-refractivity contribution >= 4 is 11.9 Å². The van der Waals surface area contributed by atoms with Gasteiger partial charge in [0.15, 0.2) is 0 Å². The number of carbonyl (C=O) groups is 2. The van der Waals surface area contributed by atoms with Gasteiger partial charge in [0.05, 0.1) is 19.6 Å². The zero-order chi connectivity index (χ0) is 12.4. The molecule has 2 fully saturated rings. The number of ether oxygens (including phenoxy) is 1. The summed E-state index contributed by atoms with van der Waals surface area (Å²) in [6, 6.07) is 0.135. The number of methoxy groups -OCH3 is 1. The van der Waals surface area contributed by atoms with Crippen LogP contribution in [0.2, 0.25) is 0 Å². The summed E-state index contributed by atoms with van der Waals surface area (Å²) in [5, 5.41) is 2.90. The van der Waals surface area contributed by atoms with E-state index in [2.05, 4.69) is 21.9 Å². The maximum absolute atomic E-state index is 12.0. The van der Waals surface area contributed by atoms with Crippen molar-refractivity contribution in [3.05, 3.63) is 0 Å². The van der Waals surface area contributed by atoms with Crippen molar-refractivity contribution < 1.29 is 14.3 Å². The van der Waals surface area contributed by atoms with E-state index in [9.17, 15) is 9.59 Å². The van der Waals surface area contributed by atoms with Crippen LogP contribution in [-0.2, 0) is 14.3 Å². The van der Waals surface area contributed by atoms with Crippen LogP contribution in [0.5, 0.6) is 0 Å². The average Bonchev–Trinajstić information content (AvgIpc) is 3.13. The van der Waals surface area contributed by atoms with E-state index in [-0.39, 0.29) is 24.3 Å². The lowest BCUT2D eigenvalue weighted by atomic mass is 10.1. The molecule has 1 aliphatic carbocycles.